The molecule has 0 aromatic rings. The molecule has 15 heavy (non-hydrogen) atoms. The Kier molecular flexibility index (Phi) is 3.97. The SMILES string of the molecule is O=C(NCC1CCNC1)C1CCCCO1. The maximum absolute atomic E-state index is 11.7. The molecule has 0 aromatic carbocycles. The molecular formula is C11H20N2O2. The van der Waals surface area contributed by atoms with Crippen LogP contribution in [0.5, 0.6) is 0 Å². The molecule has 2 saturated heterocycles. The number of carbonyl (C=O) groups is 1. The second-order valence-corrected chi connectivity index (χ2v) is 4.46. The molecule has 0 aliphatic carbocycles. The molecular weight excluding hydrogens is 192 g/mol. The highest BCUT2D eigenvalue weighted by molar-refractivity contribution is 5.80. The van der Waals surface area contributed by atoms with Crippen LogP contribution < -0.4 is 10.6 Å². The van der Waals surface area contributed by atoms with Gasteiger partial charge < -0.3 is 15.4 Å². The predicted octanol–water partition coefficient (Wildman–Crippen LogP) is 0.281. The molecule has 2 N–H and O–H groups in total. The first-order chi connectivity index (χ1) is 7.36. The van der Waals surface area contributed by atoms with E-state index in [1.165, 1.54) is 6.42 Å². The van der Waals surface area contributed by atoms with E-state index in [0.717, 1.165) is 45.5 Å². The van der Waals surface area contributed by atoms with Crippen LogP contribution in [0, 0.1) is 5.92 Å². The summed E-state index contributed by atoms with van der Waals surface area (Å²) in [5.74, 6) is 0.694. The summed E-state index contributed by atoms with van der Waals surface area (Å²) in [5, 5.41) is 6.28. The van der Waals surface area contributed by atoms with Crippen LogP contribution in [0.1, 0.15) is 25.7 Å². The van der Waals surface area contributed by atoms with Gasteiger partial charge in [-0.25, -0.2) is 0 Å². The Balaban J connectivity index is 1.66. The topological polar surface area (TPSA) is 50.4 Å². The lowest BCUT2D eigenvalue weighted by atomic mass is 10.1. The van der Waals surface area contributed by atoms with Crippen LogP contribution in [-0.4, -0.2) is 38.3 Å². The molecule has 2 unspecified atom stereocenters. The third-order valence-electron chi connectivity index (χ3n) is 3.20. The van der Waals surface area contributed by atoms with E-state index >= 15 is 0 Å². The van der Waals surface area contributed by atoms with E-state index in [1.54, 1.807) is 0 Å². The standard InChI is InChI=1S/C11H20N2O2/c14-11(10-3-1-2-6-15-10)13-8-9-4-5-12-7-9/h9-10,12H,1-8H2,(H,13,14). The highest BCUT2D eigenvalue weighted by Gasteiger charge is 2.23. The molecule has 4 nitrogen and oxygen atoms in total. The van der Waals surface area contributed by atoms with E-state index in [2.05, 4.69) is 10.6 Å². The second kappa shape index (κ2) is 5.47. The van der Waals surface area contributed by atoms with Crippen LogP contribution in [0.3, 0.4) is 0 Å². The number of nitrogens with one attached hydrogen (secondary N) is 2. The fraction of sp³-hybridized carbons (Fsp3) is 0.909. The van der Waals surface area contributed by atoms with Crippen LogP contribution in [0.4, 0.5) is 0 Å². The summed E-state index contributed by atoms with van der Waals surface area (Å²) in [6.07, 6.45) is 4.08. The summed E-state index contributed by atoms with van der Waals surface area (Å²) in [5.41, 5.74) is 0. The average Bonchev–Trinajstić information content (AvgIpc) is 2.80. The van der Waals surface area contributed by atoms with Gasteiger partial charge in [0.1, 0.15) is 6.10 Å². The molecule has 2 rings (SSSR count). The smallest absolute Gasteiger partial charge is 0.249 e. The minimum Gasteiger partial charge on any atom is -0.368 e. The third kappa shape index (κ3) is 3.18. The van der Waals surface area contributed by atoms with Crippen LogP contribution in [0.2, 0.25) is 0 Å². The van der Waals surface area contributed by atoms with E-state index < -0.39 is 0 Å². The lowest BCUT2D eigenvalue weighted by Crippen LogP contribution is -2.40. The zero-order valence-electron chi connectivity index (χ0n) is 9.13. The Bertz CT molecular complexity index is 209. The van der Waals surface area contributed by atoms with Crippen LogP contribution >= 0.6 is 0 Å². The quantitative estimate of drug-likeness (QED) is 0.706. The molecule has 2 aliphatic heterocycles. The zero-order valence-corrected chi connectivity index (χ0v) is 9.13. The summed E-state index contributed by atoms with van der Waals surface area (Å²) >= 11 is 0. The molecule has 0 bridgehead atoms. The summed E-state index contributed by atoms with van der Waals surface area (Å²) in [6.45, 7) is 3.65. The number of ether oxygens (including phenoxy) is 1. The molecule has 0 saturated carbocycles. The maximum Gasteiger partial charge on any atom is 0.249 e. The van der Waals surface area contributed by atoms with Crippen molar-refractivity contribution in [2.45, 2.75) is 31.8 Å². The molecule has 2 heterocycles. The molecule has 86 valence electrons. The average molecular weight is 212 g/mol. The molecule has 1 amide bonds. The summed E-state index contributed by atoms with van der Waals surface area (Å²) < 4.78 is 5.43. The van der Waals surface area contributed by atoms with Crippen LogP contribution in [-0.2, 0) is 9.53 Å². The van der Waals surface area contributed by atoms with Gasteiger partial charge in [-0.1, -0.05) is 0 Å². The summed E-state index contributed by atoms with van der Waals surface area (Å²) in [4.78, 5) is 11.7. The monoisotopic (exact) mass is 212 g/mol. The van der Waals surface area contributed by atoms with Crippen molar-refractivity contribution in [1.82, 2.24) is 10.6 Å². The van der Waals surface area contributed by atoms with Crippen molar-refractivity contribution < 1.29 is 9.53 Å². The first-order valence-corrected chi connectivity index (χ1v) is 5.96. The van der Waals surface area contributed by atoms with Crippen molar-refractivity contribution in [2.24, 2.45) is 5.92 Å². The first-order valence-electron chi connectivity index (χ1n) is 5.96. The van der Waals surface area contributed by atoms with E-state index in [-0.39, 0.29) is 12.0 Å². The molecule has 0 spiro atoms. The molecule has 0 aromatic heterocycles. The van der Waals surface area contributed by atoms with Gasteiger partial charge in [0.25, 0.3) is 0 Å². The second-order valence-electron chi connectivity index (χ2n) is 4.46. The van der Waals surface area contributed by atoms with Gasteiger partial charge in [0, 0.05) is 13.2 Å². The largest absolute Gasteiger partial charge is 0.368 e. The Morgan fingerprint density at radius 3 is 3.00 bits per heavy atom. The lowest BCUT2D eigenvalue weighted by molar-refractivity contribution is -0.135. The number of hydrogen-bond donors (Lipinski definition) is 2. The maximum atomic E-state index is 11.7. The van der Waals surface area contributed by atoms with Gasteiger partial charge >= 0.3 is 0 Å². The van der Waals surface area contributed by atoms with Crippen molar-refractivity contribution >= 4 is 5.91 Å². The highest BCUT2D eigenvalue weighted by atomic mass is 16.5. The van der Waals surface area contributed by atoms with Crippen LogP contribution in [0.25, 0.3) is 0 Å². The Morgan fingerprint density at radius 2 is 2.33 bits per heavy atom. The Labute approximate surface area is 90.8 Å². The fourth-order valence-corrected chi connectivity index (χ4v) is 2.19. The van der Waals surface area contributed by atoms with Crippen molar-refractivity contribution in [1.29, 1.82) is 0 Å². The normalized spacial score (nSPS) is 31.5. The number of carbonyl (C=O) groups excluding carboxylic acids is 1. The van der Waals surface area contributed by atoms with Gasteiger partial charge in [-0.2, -0.15) is 0 Å². The highest BCUT2D eigenvalue weighted by Crippen LogP contribution is 2.13. The molecule has 4 heteroatoms. The van der Waals surface area contributed by atoms with E-state index in [0.29, 0.717) is 5.92 Å². The van der Waals surface area contributed by atoms with Crippen molar-refractivity contribution in [2.75, 3.05) is 26.2 Å². The fourth-order valence-electron chi connectivity index (χ4n) is 2.19. The number of hydrogen-bond acceptors (Lipinski definition) is 3. The molecule has 2 atom stereocenters. The Morgan fingerprint density at radius 1 is 1.40 bits per heavy atom. The van der Waals surface area contributed by atoms with Crippen LogP contribution in [0.15, 0.2) is 0 Å². The number of amides is 1. The first kappa shape index (κ1) is 10.9. The van der Waals surface area contributed by atoms with E-state index in [4.69, 9.17) is 4.74 Å². The van der Waals surface area contributed by atoms with Gasteiger partial charge in [-0.3, -0.25) is 4.79 Å². The minimum atomic E-state index is -0.187. The third-order valence-corrected chi connectivity index (χ3v) is 3.20. The van der Waals surface area contributed by atoms with Crippen molar-refractivity contribution in [3.8, 4) is 0 Å². The van der Waals surface area contributed by atoms with E-state index in [1.807, 2.05) is 0 Å². The summed E-state index contributed by atoms with van der Waals surface area (Å²) in [6, 6.07) is 0. The van der Waals surface area contributed by atoms with Gasteiger partial charge in [-0.05, 0) is 44.7 Å². The summed E-state index contributed by atoms with van der Waals surface area (Å²) in [7, 11) is 0. The van der Waals surface area contributed by atoms with Crippen molar-refractivity contribution in [3.63, 3.8) is 0 Å². The minimum absolute atomic E-state index is 0.0848. The van der Waals surface area contributed by atoms with Gasteiger partial charge in [0.2, 0.25) is 5.91 Å². The molecule has 0 radical (unpaired) electrons. The predicted molar refractivity (Wildman–Crippen MR) is 57.6 cm³/mol. The van der Waals surface area contributed by atoms with Crippen molar-refractivity contribution in [3.05, 3.63) is 0 Å². The Hall–Kier alpha value is -0.610. The van der Waals surface area contributed by atoms with Gasteiger partial charge in [0.15, 0.2) is 0 Å². The van der Waals surface area contributed by atoms with Gasteiger partial charge in [0.05, 0.1) is 0 Å². The van der Waals surface area contributed by atoms with Gasteiger partial charge in [-0.15, -0.1) is 0 Å². The lowest BCUT2D eigenvalue weighted by Gasteiger charge is -2.22. The number of rotatable bonds is 3. The molecule has 2 aliphatic rings. The molecule has 2 fully saturated rings. The van der Waals surface area contributed by atoms with E-state index in [9.17, 15) is 4.79 Å². The zero-order chi connectivity index (χ0) is 10.5.